The number of carboxylic acid groups (broad SMARTS) is 1. The van der Waals surface area contributed by atoms with Gasteiger partial charge < -0.3 is 20.5 Å². The second kappa shape index (κ2) is 7.63. The van der Waals surface area contributed by atoms with Crippen molar-refractivity contribution in [1.82, 2.24) is 10.6 Å². The summed E-state index contributed by atoms with van der Waals surface area (Å²) in [5.74, 6) is -2.11. The highest BCUT2D eigenvalue weighted by Crippen LogP contribution is 1.99. The van der Waals surface area contributed by atoms with Crippen LogP contribution in [0.4, 0.5) is 0 Å². The van der Waals surface area contributed by atoms with Gasteiger partial charge in [0.15, 0.2) is 0 Å². The Morgan fingerprint density at radius 1 is 1.38 bits per heavy atom. The van der Waals surface area contributed by atoms with E-state index < -0.39 is 23.9 Å². The van der Waals surface area contributed by atoms with E-state index in [1.54, 1.807) is 7.05 Å². The molecule has 0 radical (unpaired) electrons. The van der Waals surface area contributed by atoms with Gasteiger partial charge in [0.25, 0.3) is 0 Å². The lowest BCUT2D eigenvalue weighted by Gasteiger charge is -2.13. The molecule has 0 bridgehead atoms. The van der Waals surface area contributed by atoms with Gasteiger partial charge in [-0.15, -0.1) is 0 Å². The predicted octanol–water partition coefficient (Wildman–Crippen LogP) is -1.27. The van der Waals surface area contributed by atoms with Crippen LogP contribution in [0.5, 0.6) is 0 Å². The highest BCUT2D eigenvalue weighted by Gasteiger charge is 2.20. The molecule has 0 aliphatic heterocycles. The minimum Gasteiger partial charge on any atom is -0.480 e. The number of amides is 1. The molecule has 7 nitrogen and oxygen atoms in total. The molecule has 0 aromatic heterocycles. The van der Waals surface area contributed by atoms with Crippen LogP contribution >= 0.6 is 0 Å². The van der Waals surface area contributed by atoms with Crippen LogP contribution in [0.3, 0.4) is 0 Å². The average Bonchev–Trinajstić information content (AvgIpc) is 2.23. The fraction of sp³-hybridized carbons (Fsp3) is 0.667. The number of ether oxygens (including phenoxy) is 1. The van der Waals surface area contributed by atoms with Gasteiger partial charge in [0.05, 0.1) is 13.7 Å². The van der Waals surface area contributed by atoms with Gasteiger partial charge in [-0.2, -0.15) is 0 Å². The first kappa shape index (κ1) is 14.4. The van der Waals surface area contributed by atoms with E-state index in [0.29, 0.717) is 0 Å². The molecule has 1 unspecified atom stereocenters. The number of hydrogen-bond donors (Lipinski definition) is 3. The highest BCUT2D eigenvalue weighted by molar-refractivity contribution is 5.85. The van der Waals surface area contributed by atoms with Gasteiger partial charge in [-0.1, -0.05) is 0 Å². The topological polar surface area (TPSA) is 105 Å². The molecule has 0 aliphatic carbocycles. The summed E-state index contributed by atoms with van der Waals surface area (Å²) >= 11 is 0. The molecule has 0 fully saturated rings. The zero-order chi connectivity index (χ0) is 12.6. The number of methoxy groups -OCH3 is 1. The maximum atomic E-state index is 11.1. The van der Waals surface area contributed by atoms with Crippen molar-refractivity contribution in [1.29, 1.82) is 0 Å². The van der Waals surface area contributed by atoms with E-state index in [2.05, 4.69) is 15.4 Å². The van der Waals surface area contributed by atoms with Crippen molar-refractivity contribution in [2.45, 2.75) is 18.9 Å². The van der Waals surface area contributed by atoms with E-state index >= 15 is 0 Å². The summed E-state index contributed by atoms with van der Waals surface area (Å²) < 4.78 is 4.38. The number of carbonyl (C=O) groups is 3. The largest absolute Gasteiger partial charge is 0.480 e. The van der Waals surface area contributed by atoms with E-state index in [4.69, 9.17) is 5.11 Å². The summed E-state index contributed by atoms with van der Waals surface area (Å²) in [6.45, 7) is 0.0298. The minimum absolute atomic E-state index is 0.0114. The first-order valence-electron chi connectivity index (χ1n) is 4.74. The molecule has 0 saturated carbocycles. The Labute approximate surface area is 93.2 Å². The molecule has 0 saturated heterocycles. The van der Waals surface area contributed by atoms with E-state index in [9.17, 15) is 14.4 Å². The molecule has 3 N–H and O–H groups in total. The van der Waals surface area contributed by atoms with Gasteiger partial charge in [0.2, 0.25) is 5.91 Å². The van der Waals surface area contributed by atoms with Gasteiger partial charge in [-0.05, 0) is 13.5 Å². The summed E-state index contributed by atoms with van der Waals surface area (Å²) in [6.07, 6.45) is -0.0369. The number of likely N-dealkylation sites (N-methyl/N-ethyl adjacent to an activating group) is 1. The van der Waals surface area contributed by atoms with Crippen LogP contribution < -0.4 is 10.6 Å². The van der Waals surface area contributed by atoms with Gasteiger partial charge >= 0.3 is 11.9 Å². The lowest BCUT2D eigenvalue weighted by molar-refractivity contribution is -0.144. The van der Waals surface area contributed by atoms with Crippen LogP contribution in [0.1, 0.15) is 12.8 Å². The molecule has 16 heavy (non-hydrogen) atoms. The Morgan fingerprint density at radius 3 is 2.44 bits per heavy atom. The summed E-state index contributed by atoms with van der Waals surface area (Å²) in [4.78, 5) is 32.7. The third-order valence-electron chi connectivity index (χ3n) is 1.84. The first-order valence-corrected chi connectivity index (χ1v) is 4.74. The number of esters is 1. The van der Waals surface area contributed by atoms with Crippen molar-refractivity contribution in [3.8, 4) is 0 Å². The average molecular weight is 232 g/mol. The smallest absolute Gasteiger partial charge is 0.326 e. The summed E-state index contributed by atoms with van der Waals surface area (Å²) in [6, 6.07) is -1.07. The Kier molecular flexibility index (Phi) is 6.86. The monoisotopic (exact) mass is 232 g/mol. The fourth-order valence-corrected chi connectivity index (χ4v) is 1.03. The molecule has 0 aromatic rings. The zero-order valence-corrected chi connectivity index (χ0v) is 9.28. The molecular formula is C9H16N2O5. The van der Waals surface area contributed by atoms with Crippen LogP contribution in [-0.4, -0.2) is 49.7 Å². The lowest BCUT2D eigenvalue weighted by Crippen LogP contribution is -2.44. The van der Waals surface area contributed by atoms with Crippen LogP contribution in [0.15, 0.2) is 0 Å². The van der Waals surface area contributed by atoms with Crippen molar-refractivity contribution in [2.75, 3.05) is 20.7 Å². The molecule has 0 aromatic carbocycles. The normalized spacial score (nSPS) is 11.6. The quantitative estimate of drug-likeness (QED) is 0.473. The SMILES string of the molecule is CNCC(=O)NC(CCC(=O)OC)C(=O)O. The molecule has 0 spiro atoms. The van der Waals surface area contributed by atoms with E-state index in [1.807, 2.05) is 0 Å². The second-order valence-corrected chi connectivity index (χ2v) is 3.10. The summed E-state index contributed by atoms with van der Waals surface area (Å²) in [5.41, 5.74) is 0. The number of hydrogen-bond acceptors (Lipinski definition) is 5. The van der Waals surface area contributed by atoms with Gasteiger partial charge in [-0.3, -0.25) is 9.59 Å². The third-order valence-corrected chi connectivity index (χ3v) is 1.84. The Balaban J connectivity index is 4.12. The Morgan fingerprint density at radius 2 is 2.00 bits per heavy atom. The van der Waals surface area contributed by atoms with Crippen molar-refractivity contribution in [2.24, 2.45) is 0 Å². The lowest BCUT2D eigenvalue weighted by atomic mass is 10.1. The van der Waals surface area contributed by atoms with Crippen LogP contribution in [-0.2, 0) is 19.1 Å². The van der Waals surface area contributed by atoms with Crippen molar-refractivity contribution in [3.63, 3.8) is 0 Å². The number of carboxylic acids is 1. The molecule has 92 valence electrons. The zero-order valence-electron chi connectivity index (χ0n) is 9.28. The van der Waals surface area contributed by atoms with Crippen LogP contribution in [0.2, 0.25) is 0 Å². The number of rotatable bonds is 7. The van der Waals surface area contributed by atoms with E-state index in [0.717, 1.165) is 0 Å². The molecule has 0 heterocycles. The standard InChI is InChI=1S/C9H16N2O5/c1-10-5-7(12)11-6(9(14)15)3-4-8(13)16-2/h6,10H,3-5H2,1-2H3,(H,11,12)(H,14,15). The third kappa shape index (κ3) is 5.97. The van der Waals surface area contributed by atoms with Gasteiger partial charge in [0, 0.05) is 6.42 Å². The molecule has 1 amide bonds. The molecule has 0 aliphatic rings. The maximum absolute atomic E-state index is 11.1. The first-order chi connectivity index (χ1) is 7.51. The number of aliphatic carboxylic acids is 1. The van der Waals surface area contributed by atoms with Crippen LogP contribution in [0.25, 0.3) is 0 Å². The van der Waals surface area contributed by atoms with Crippen molar-refractivity contribution in [3.05, 3.63) is 0 Å². The fourth-order valence-electron chi connectivity index (χ4n) is 1.03. The Hall–Kier alpha value is -1.63. The molecule has 1 atom stereocenters. The molecular weight excluding hydrogens is 216 g/mol. The van der Waals surface area contributed by atoms with Gasteiger partial charge in [-0.25, -0.2) is 4.79 Å². The Bertz CT molecular complexity index is 267. The molecule has 7 heteroatoms. The maximum Gasteiger partial charge on any atom is 0.326 e. The van der Waals surface area contributed by atoms with E-state index in [-0.39, 0.29) is 19.4 Å². The van der Waals surface area contributed by atoms with Crippen molar-refractivity contribution < 1.29 is 24.2 Å². The predicted molar refractivity (Wildman–Crippen MR) is 54.7 cm³/mol. The second-order valence-electron chi connectivity index (χ2n) is 3.10. The van der Waals surface area contributed by atoms with Gasteiger partial charge in [0.1, 0.15) is 6.04 Å². The van der Waals surface area contributed by atoms with E-state index in [1.165, 1.54) is 7.11 Å². The summed E-state index contributed by atoms with van der Waals surface area (Å²) in [7, 11) is 2.79. The van der Waals surface area contributed by atoms with Crippen molar-refractivity contribution >= 4 is 17.8 Å². The van der Waals surface area contributed by atoms with Crippen LogP contribution in [0, 0.1) is 0 Å². The molecule has 0 rings (SSSR count). The summed E-state index contributed by atoms with van der Waals surface area (Å²) in [5, 5.41) is 13.7. The highest BCUT2D eigenvalue weighted by atomic mass is 16.5. The number of nitrogens with one attached hydrogen (secondary N) is 2. The minimum atomic E-state index is -1.17. The number of carbonyl (C=O) groups excluding carboxylic acids is 2.